The normalized spacial score (nSPS) is 20.3. The van der Waals surface area contributed by atoms with E-state index in [1.807, 2.05) is 42.9 Å². The van der Waals surface area contributed by atoms with Crippen molar-refractivity contribution in [3.8, 4) is 0 Å². The first-order chi connectivity index (χ1) is 10.1. The van der Waals surface area contributed by atoms with Crippen molar-refractivity contribution >= 4 is 17.5 Å². The fourth-order valence-corrected chi connectivity index (χ4v) is 2.72. The summed E-state index contributed by atoms with van der Waals surface area (Å²) in [5.41, 5.74) is 3.34. The molecule has 2 unspecified atom stereocenters. The molecule has 0 bridgehead atoms. The maximum Gasteiger partial charge on any atom is 0.224 e. The van der Waals surface area contributed by atoms with Gasteiger partial charge in [0.15, 0.2) is 0 Å². The molecule has 2 aromatic rings. The van der Waals surface area contributed by atoms with E-state index >= 15 is 0 Å². The lowest BCUT2D eigenvalue weighted by atomic mass is 10.1. The number of hydrogen-bond acceptors (Lipinski definition) is 2. The van der Waals surface area contributed by atoms with Gasteiger partial charge in [-0.05, 0) is 37.0 Å². The predicted octanol–water partition coefficient (Wildman–Crippen LogP) is 2.80. The van der Waals surface area contributed by atoms with Crippen molar-refractivity contribution in [2.24, 2.45) is 13.0 Å². The maximum absolute atomic E-state index is 12.2. The highest BCUT2D eigenvalue weighted by molar-refractivity contribution is 6.30. The van der Waals surface area contributed by atoms with E-state index in [1.165, 1.54) is 5.56 Å². The largest absolute Gasteiger partial charge is 0.352 e. The van der Waals surface area contributed by atoms with Gasteiger partial charge < -0.3 is 5.32 Å². The lowest BCUT2D eigenvalue weighted by Gasteiger charge is -2.05. The van der Waals surface area contributed by atoms with Crippen LogP contribution in [0.25, 0.3) is 0 Å². The highest BCUT2D eigenvalue weighted by atomic mass is 35.5. The number of carbonyl (C=O) groups excluding carboxylic acids is 1. The number of halogens is 1. The highest BCUT2D eigenvalue weighted by Gasteiger charge is 2.43. The number of aryl methyl sites for hydroxylation is 1. The van der Waals surface area contributed by atoms with Gasteiger partial charge in [0.1, 0.15) is 0 Å². The van der Waals surface area contributed by atoms with Crippen molar-refractivity contribution in [2.45, 2.75) is 25.8 Å². The Morgan fingerprint density at radius 3 is 2.76 bits per heavy atom. The van der Waals surface area contributed by atoms with Crippen molar-refractivity contribution in [3.63, 3.8) is 0 Å². The first-order valence-corrected chi connectivity index (χ1v) is 7.44. The molecule has 4 nitrogen and oxygen atoms in total. The Hall–Kier alpha value is -1.81. The van der Waals surface area contributed by atoms with Gasteiger partial charge in [0, 0.05) is 35.8 Å². The second kappa shape index (κ2) is 5.53. The standard InChI is InChI=1S/C16H18ClN3O/c1-10-12(9-19-20(10)2)8-18-16(21)15-7-14(15)11-3-5-13(17)6-4-11/h3-6,9,14-15H,7-8H2,1-2H3,(H,18,21). The molecule has 1 fully saturated rings. The van der Waals surface area contributed by atoms with E-state index in [4.69, 9.17) is 11.6 Å². The molecular formula is C16H18ClN3O. The van der Waals surface area contributed by atoms with Crippen LogP contribution in [0.15, 0.2) is 30.5 Å². The summed E-state index contributed by atoms with van der Waals surface area (Å²) < 4.78 is 1.81. The van der Waals surface area contributed by atoms with E-state index in [1.54, 1.807) is 6.20 Å². The van der Waals surface area contributed by atoms with Crippen LogP contribution in [0.4, 0.5) is 0 Å². The number of amides is 1. The summed E-state index contributed by atoms with van der Waals surface area (Å²) >= 11 is 5.88. The third kappa shape index (κ3) is 2.95. The van der Waals surface area contributed by atoms with E-state index in [2.05, 4.69) is 10.4 Å². The molecule has 110 valence electrons. The molecule has 0 spiro atoms. The molecule has 1 aromatic heterocycles. The Morgan fingerprint density at radius 1 is 1.43 bits per heavy atom. The maximum atomic E-state index is 12.2. The van der Waals surface area contributed by atoms with Gasteiger partial charge in [-0.25, -0.2) is 0 Å². The summed E-state index contributed by atoms with van der Waals surface area (Å²) in [7, 11) is 1.90. The van der Waals surface area contributed by atoms with Crippen LogP contribution in [0.5, 0.6) is 0 Å². The molecule has 1 N–H and O–H groups in total. The summed E-state index contributed by atoms with van der Waals surface area (Å²) in [6.07, 6.45) is 2.72. The smallest absolute Gasteiger partial charge is 0.224 e. The predicted molar refractivity (Wildman–Crippen MR) is 82.1 cm³/mol. The molecule has 1 amide bonds. The van der Waals surface area contributed by atoms with Crippen molar-refractivity contribution in [3.05, 3.63) is 52.3 Å². The lowest BCUT2D eigenvalue weighted by Crippen LogP contribution is -2.25. The Morgan fingerprint density at radius 2 is 2.14 bits per heavy atom. The van der Waals surface area contributed by atoms with Gasteiger partial charge in [0.25, 0.3) is 0 Å². The molecule has 1 heterocycles. The number of hydrogen-bond donors (Lipinski definition) is 1. The molecule has 3 rings (SSSR count). The quantitative estimate of drug-likeness (QED) is 0.944. The van der Waals surface area contributed by atoms with Gasteiger partial charge in [0.05, 0.1) is 6.20 Å². The SMILES string of the molecule is Cc1c(CNC(=O)C2CC2c2ccc(Cl)cc2)cnn1C. The van der Waals surface area contributed by atoms with Gasteiger partial charge in [0.2, 0.25) is 5.91 Å². The number of carbonyl (C=O) groups is 1. The van der Waals surface area contributed by atoms with Gasteiger partial charge in [-0.1, -0.05) is 23.7 Å². The average molecular weight is 304 g/mol. The molecule has 0 saturated heterocycles. The zero-order valence-electron chi connectivity index (χ0n) is 12.1. The Kier molecular flexibility index (Phi) is 3.72. The van der Waals surface area contributed by atoms with Gasteiger partial charge in [-0.15, -0.1) is 0 Å². The third-order valence-electron chi connectivity index (χ3n) is 4.22. The summed E-state index contributed by atoms with van der Waals surface area (Å²) in [6, 6.07) is 7.77. The van der Waals surface area contributed by atoms with E-state index < -0.39 is 0 Å². The average Bonchev–Trinajstić information content (AvgIpc) is 3.21. The van der Waals surface area contributed by atoms with E-state index in [-0.39, 0.29) is 11.8 Å². The van der Waals surface area contributed by atoms with Crippen LogP contribution in [-0.4, -0.2) is 15.7 Å². The minimum Gasteiger partial charge on any atom is -0.352 e. The molecule has 1 aliphatic rings. The third-order valence-corrected chi connectivity index (χ3v) is 4.47. The minimum absolute atomic E-state index is 0.0863. The summed E-state index contributed by atoms with van der Waals surface area (Å²) in [6.45, 7) is 2.55. The topological polar surface area (TPSA) is 46.9 Å². The number of rotatable bonds is 4. The van der Waals surface area contributed by atoms with Crippen LogP contribution < -0.4 is 5.32 Å². The van der Waals surface area contributed by atoms with Crippen LogP contribution in [0.3, 0.4) is 0 Å². The first-order valence-electron chi connectivity index (χ1n) is 7.07. The van der Waals surface area contributed by atoms with E-state index in [0.29, 0.717) is 12.5 Å². The second-order valence-electron chi connectivity index (χ2n) is 5.60. The molecule has 5 heteroatoms. The zero-order valence-corrected chi connectivity index (χ0v) is 12.9. The highest BCUT2D eigenvalue weighted by Crippen LogP contribution is 2.47. The zero-order chi connectivity index (χ0) is 15.0. The number of nitrogens with zero attached hydrogens (tertiary/aromatic N) is 2. The summed E-state index contributed by atoms with van der Waals surface area (Å²) in [5, 5.41) is 7.92. The Bertz CT molecular complexity index is 663. The number of nitrogens with one attached hydrogen (secondary N) is 1. The van der Waals surface area contributed by atoms with Crippen molar-refractivity contribution < 1.29 is 4.79 Å². The van der Waals surface area contributed by atoms with Gasteiger partial charge >= 0.3 is 0 Å². The molecule has 1 aromatic carbocycles. The van der Waals surface area contributed by atoms with Crippen LogP contribution in [0.2, 0.25) is 5.02 Å². The van der Waals surface area contributed by atoms with Crippen molar-refractivity contribution in [1.29, 1.82) is 0 Å². The van der Waals surface area contributed by atoms with Crippen molar-refractivity contribution in [2.75, 3.05) is 0 Å². The van der Waals surface area contributed by atoms with Crippen LogP contribution in [0.1, 0.15) is 29.2 Å². The van der Waals surface area contributed by atoms with E-state index in [9.17, 15) is 4.79 Å². The van der Waals surface area contributed by atoms with Gasteiger partial charge in [-0.3, -0.25) is 9.48 Å². The summed E-state index contributed by atoms with van der Waals surface area (Å²) in [4.78, 5) is 12.2. The van der Waals surface area contributed by atoms with Crippen LogP contribution >= 0.6 is 11.6 Å². The number of benzene rings is 1. The van der Waals surface area contributed by atoms with E-state index in [0.717, 1.165) is 22.7 Å². The Labute approximate surface area is 129 Å². The molecule has 0 radical (unpaired) electrons. The number of aromatic nitrogens is 2. The molecule has 0 aliphatic heterocycles. The summed E-state index contributed by atoms with van der Waals surface area (Å²) in [5.74, 6) is 0.540. The minimum atomic E-state index is 0.0863. The monoisotopic (exact) mass is 303 g/mol. The molecule has 2 atom stereocenters. The van der Waals surface area contributed by atoms with Crippen LogP contribution in [0, 0.1) is 12.8 Å². The van der Waals surface area contributed by atoms with Crippen molar-refractivity contribution in [1.82, 2.24) is 15.1 Å². The first kappa shape index (κ1) is 14.1. The molecular weight excluding hydrogens is 286 g/mol. The lowest BCUT2D eigenvalue weighted by molar-refractivity contribution is -0.122. The fourth-order valence-electron chi connectivity index (χ4n) is 2.59. The molecule has 1 saturated carbocycles. The second-order valence-corrected chi connectivity index (χ2v) is 6.03. The van der Waals surface area contributed by atoms with Crippen LogP contribution in [-0.2, 0) is 18.4 Å². The fraction of sp³-hybridized carbons (Fsp3) is 0.375. The van der Waals surface area contributed by atoms with Gasteiger partial charge in [-0.2, -0.15) is 5.10 Å². The molecule has 21 heavy (non-hydrogen) atoms. The molecule has 1 aliphatic carbocycles. The Balaban J connectivity index is 1.56.